The van der Waals surface area contributed by atoms with Crippen LogP contribution in [0.1, 0.15) is 0 Å². The first-order valence-corrected chi connectivity index (χ1v) is 4.65. The standard InChI is InChI=1S/C8H14N6/c9-13-8-11-2-1-7(12-8)14-5-3-10-4-6-14/h1-2,10H,3-6,9H2,(H,11,12,13). The van der Waals surface area contributed by atoms with E-state index in [0.29, 0.717) is 5.95 Å². The fourth-order valence-electron chi connectivity index (χ4n) is 1.49. The molecule has 0 unspecified atom stereocenters. The van der Waals surface area contributed by atoms with E-state index >= 15 is 0 Å². The van der Waals surface area contributed by atoms with Crippen LogP contribution in [0.25, 0.3) is 0 Å². The van der Waals surface area contributed by atoms with Crippen molar-refractivity contribution in [3.05, 3.63) is 12.3 Å². The third-order valence-electron chi connectivity index (χ3n) is 2.21. The Morgan fingerprint density at radius 3 is 2.93 bits per heavy atom. The molecule has 4 N–H and O–H groups in total. The Morgan fingerprint density at radius 1 is 1.43 bits per heavy atom. The maximum absolute atomic E-state index is 5.24. The Labute approximate surface area is 82.5 Å². The molecule has 1 aromatic heterocycles. The van der Waals surface area contributed by atoms with Crippen molar-refractivity contribution >= 4 is 11.8 Å². The van der Waals surface area contributed by atoms with Crippen molar-refractivity contribution in [2.75, 3.05) is 36.5 Å². The Bertz CT molecular complexity index is 296. The molecule has 6 heteroatoms. The zero-order chi connectivity index (χ0) is 9.80. The minimum atomic E-state index is 0.459. The molecule has 14 heavy (non-hydrogen) atoms. The van der Waals surface area contributed by atoms with E-state index in [1.807, 2.05) is 6.07 Å². The molecule has 76 valence electrons. The summed E-state index contributed by atoms with van der Waals surface area (Å²) >= 11 is 0. The van der Waals surface area contributed by atoms with Gasteiger partial charge >= 0.3 is 0 Å². The second-order valence-corrected chi connectivity index (χ2v) is 3.12. The summed E-state index contributed by atoms with van der Waals surface area (Å²) in [5, 5.41) is 3.29. The lowest BCUT2D eigenvalue weighted by molar-refractivity contribution is 0.585. The third-order valence-corrected chi connectivity index (χ3v) is 2.21. The molecule has 2 heterocycles. The summed E-state index contributed by atoms with van der Waals surface area (Å²) < 4.78 is 0. The summed E-state index contributed by atoms with van der Waals surface area (Å²) in [6.07, 6.45) is 1.71. The molecule has 1 aliphatic rings. The number of hydrogen-bond acceptors (Lipinski definition) is 6. The smallest absolute Gasteiger partial charge is 0.239 e. The van der Waals surface area contributed by atoms with E-state index in [2.05, 4.69) is 25.6 Å². The van der Waals surface area contributed by atoms with Crippen LogP contribution in [0, 0.1) is 0 Å². The molecule has 1 fully saturated rings. The Morgan fingerprint density at radius 2 is 2.21 bits per heavy atom. The second-order valence-electron chi connectivity index (χ2n) is 3.12. The van der Waals surface area contributed by atoms with Crippen LogP contribution in [0.5, 0.6) is 0 Å². The molecule has 0 spiro atoms. The van der Waals surface area contributed by atoms with Gasteiger partial charge in [-0.25, -0.2) is 10.8 Å². The van der Waals surface area contributed by atoms with Crippen LogP contribution < -0.4 is 21.5 Å². The number of anilines is 2. The fraction of sp³-hybridized carbons (Fsp3) is 0.500. The van der Waals surface area contributed by atoms with Crippen LogP contribution in [0.2, 0.25) is 0 Å². The average Bonchev–Trinajstić information content (AvgIpc) is 2.30. The van der Waals surface area contributed by atoms with Gasteiger partial charge in [-0.2, -0.15) is 4.98 Å². The molecule has 0 aromatic carbocycles. The fourth-order valence-corrected chi connectivity index (χ4v) is 1.49. The summed E-state index contributed by atoms with van der Waals surface area (Å²) in [4.78, 5) is 10.4. The first-order chi connectivity index (χ1) is 6.90. The predicted molar refractivity (Wildman–Crippen MR) is 54.9 cm³/mol. The van der Waals surface area contributed by atoms with E-state index in [4.69, 9.17) is 5.84 Å². The van der Waals surface area contributed by atoms with E-state index < -0.39 is 0 Å². The molecule has 2 rings (SSSR count). The molecule has 6 nitrogen and oxygen atoms in total. The summed E-state index contributed by atoms with van der Waals surface area (Å²) in [7, 11) is 0. The van der Waals surface area contributed by atoms with Crippen molar-refractivity contribution < 1.29 is 0 Å². The number of aromatic nitrogens is 2. The maximum Gasteiger partial charge on any atom is 0.239 e. The van der Waals surface area contributed by atoms with Gasteiger partial charge in [0.25, 0.3) is 0 Å². The van der Waals surface area contributed by atoms with Gasteiger partial charge in [-0.1, -0.05) is 0 Å². The van der Waals surface area contributed by atoms with Crippen LogP contribution in [0.3, 0.4) is 0 Å². The van der Waals surface area contributed by atoms with Gasteiger partial charge in [0.1, 0.15) is 5.82 Å². The van der Waals surface area contributed by atoms with E-state index in [-0.39, 0.29) is 0 Å². The molecule has 1 aromatic rings. The predicted octanol–water partition coefficient (Wildman–Crippen LogP) is -0.828. The van der Waals surface area contributed by atoms with E-state index in [0.717, 1.165) is 32.0 Å². The highest BCUT2D eigenvalue weighted by Crippen LogP contribution is 2.11. The maximum atomic E-state index is 5.24. The number of piperazine rings is 1. The number of hydrazine groups is 1. The number of nitrogens with two attached hydrogens (primary N) is 1. The van der Waals surface area contributed by atoms with Crippen LogP contribution in [-0.2, 0) is 0 Å². The highest BCUT2D eigenvalue weighted by atomic mass is 15.3. The van der Waals surface area contributed by atoms with Gasteiger partial charge in [0, 0.05) is 32.4 Å². The van der Waals surface area contributed by atoms with Crippen LogP contribution in [0.15, 0.2) is 12.3 Å². The molecule has 1 aliphatic heterocycles. The molecule has 0 amide bonds. The van der Waals surface area contributed by atoms with E-state index in [1.165, 1.54) is 0 Å². The van der Waals surface area contributed by atoms with E-state index in [1.54, 1.807) is 6.20 Å². The van der Waals surface area contributed by atoms with Gasteiger partial charge < -0.3 is 10.2 Å². The largest absolute Gasteiger partial charge is 0.354 e. The highest BCUT2D eigenvalue weighted by molar-refractivity contribution is 5.42. The number of nitrogens with one attached hydrogen (secondary N) is 2. The monoisotopic (exact) mass is 194 g/mol. The van der Waals surface area contributed by atoms with Crippen LogP contribution >= 0.6 is 0 Å². The zero-order valence-corrected chi connectivity index (χ0v) is 7.90. The summed E-state index contributed by atoms with van der Waals surface area (Å²) in [5.41, 5.74) is 2.44. The van der Waals surface area contributed by atoms with Crippen LogP contribution in [0.4, 0.5) is 11.8 Å². The lowest BCUT2D eigenvalue weighted by atomic mass is 10.3. The molecule has 0 saturated carbocycles. The van der Waals surface area contributed by atoms with Gasteiger partial charge in [0.15, 0.2) is 0 Å². The Kier molecular flexibility index (Phi) is 2.76. The normalized spacial score (nSPS) is 16.8. The summed E-state index contributed by atoms with van der Waals surface area (Å²) in [5.74, 6) is 6.63. The molecule has 1 saturated heterocycles. The Balaban J connectivity index is 2.13. The zero-order valence-electron chi connectivity index (χ0n) is 7.90. The minimum absolute atomic E-state index is 0.459. The lowest BCUT2D eigenvalue weighted by Gasteiger charge is -2.28. The van der Waals surface area contributed by atoms with Crippen molar-refractivity contribution in [3.63, 3.8) is 0 Å². The first kappa shape index (κ1) is 9.17. The molecule has 0 bridgehead atoms. The number of hydrogen-bond donors (Lipinski definition) is 3. The number of nitrogen functional groups attached to an aromatic ring is 1. The molecular weight excluding hydrogens is 180 g/mol. The van der Waals surface area contributed by atoms with Gasteiger partial charge in [-0.05, 0) is 6.07 Å². The second kappa shape index (κ2) is 4.21. The average molecular weight is 194 g/mol. The lowest BCUT2D eigenvalue weighted by Crippen LogP contribution is -2.44. The van der Waals surface area contributed by atoms with Crippen LogP contribution in [-0.4, -0.2) is 36.1 Å². The van der Waals surface area contributed by atoms with Crippen molar-refractivity contribution in [3.8, 4) is 0 Å². The van der Waals surface area contributed by atoms with Crippen molar-refractivity contribution in [2.45, 2.75) is 0 Å². The summed E-state index contributed by atoms with van der Waals surface area (Å²) in [6.45, 7) is 3.94. The third kappa shape index (κ3) is 1.91. The van der Waals surface area contributed by atoms with Crippen molar-refractivity contribution in [1.29, 1.82) is 0 Å². The summed E-state index contributed by atoms with van der Waals surface area (Å²) in [6, 6.07) is 1.90. The molecule has 0 aliphatic carbocycles. The SMILES string of the molecule is NNc1nccc(N2CCNCC2)n1. The van der Waals surface area contributed by atoms with Gasteiger partial charge in [-0.3, -0.25) is 5.43 Å². The van der Waals surface area contributed by atoms with Gasteiger partial charge in [0.2, 0.25) is 5.95 Å². The van der Waals surface area contributed by atoms with Crippen molar-refractivity contribution in [2.24, 2.45) is 5.84 Å². The van der Waals surface area contributed by atoms with Gasteiger partial charge in [0.05, 0.1) is 0 Å². The van der Waals surface area contributed by atoms with E-state index in [9.17, 15) is 0 Å². The van der Waals surface area contributed by atoms with Crippen molar-refractivity contribution in [1.82, 2.24) is 15.3 Å². The quantitative estimate of drug-likeness (QED) is 0.421. The minimum Gasteiger partial charge on any atom is -0.354 e. The number of nitrogens with zero attached hydrogens (tertiary/aromatic N) is 3. The topological polar surface area (TPSA) is 79.1 Å². The Hall–Kier alpha value is -1.40. The first-order valence-electron chi connectivity index (χ1n) is 4.65. The molecule has 0 atom stereocenters. The molecule has 0 radical (unpaired) electrons. The number of rotatable bonds is 2. The highest BCUT2D eigenvalue weighted by Gasteiger charge is 2.11. The van der Waals surface area contributed by atoms with Gasteiger partial charge in [-0.15, -0.1) is 0 Å². The molecular formula is C8H14N6.